The number of hydrogen-bond donors (Lipinski definition) is 3. The summed E-state index contributed by atoms with van der Waals surface area (Å²) in [6.07, 6.45) is 2.74. The lowest BCUT2D eigenvalue weighted by Crippen LogP contribution is -2.13. The van der Waals surface area contributed by atoms with Crippen molar-refractivity contribution in [2.24, 2.45) is 5.10 Å². The van der Waals surface area contributed by atoms with Crippen LogP contribution in [0.1, 0.15) is 5.56 Å². The number of non-ortho nitro benzene ring substituents is 1. The topological polar surface area (TPSA) is 116 Å². The third-order valence-electron chi connectivity index (χ3n) is 2.32. The fourth-order valence-electron chi connectivity index (χ4n) is 1.35. The number of nitro groups is 1. The first-order valence-corrected chi connectivity index (χ1v) is 5.82. The van der Waals surface area contributed by atoms with E-state index >= 15 is 0 Å². The van der Waals surface area contributed by atoms with Gasteiger partial charge in [0.05, 0.1) is 22.4 Å². The van der Waals surface area contributed by atoms with Crippen LogP contribution in [0, 0.1) is 14.9 Å². The average molecular weight is 291 g/mol. The van der Waals surface area contributed by atoms with Gasteiger partial charge >= 0.3 is 0 Å². The van der Waals surface area contributed by atoms with Gasteiger partial charge in [0.2, 0.25) is 0 Å². The molecule has 0 unspecified atom stereocenters. The number of aromatic amines is 2. The number of nitrogens with zero attached hydrogens (tertiary/aromatic N) is 2. The Hall–Kier alpha value is -2.81. The van der Waals surface area contributed by atoms with Crippen LogP contribution in [0.15, 0.2) is 40.4 Å². The summed E-state index contributed by atoms with van der Waals surface area (Å²) >= 11 is 4.76. The summed E-state index contributed by atoms with van der Waals surface area (Å²) in [7, 11) is 0. The molecule has 8 nitrogen and oxygen atoms in total. The summed E-state index contributed by atoms with van der Waals surface area (Å²) in [6.45, 7) is 0. The van der Waals surface area contributed by atoms with E-state index in [1.807, 2.05) is 0 Å². The third-order valence-corrected chi connectivity index (χ3v) is 2.54. The van der Waals surface area contributed by atoms with E-state index in [1.54, 1.807) is 0 Å². The Morgan fingerprint density at radius 1 is 1.35 bits per heavy atom. The highest BCUT2D eigenvalue weighted by atomic mass is 32.1. The number of benzene rings is 1. The van der Waals surface area contributed by atoms with E-state index in [0.29, 0.717) is 11.3 Å². The fourth-order valence-corrected chi connectivity index (χ4v) is 1.50. The highest BCUT2D eigenvalue weighted by Crippen LogP contribution is 2.15. The Bertz CT molecular complexity index is 763. The van der Waals surface area contributed by atoms with E-state index in [4.69, 9.17) is 12.2 Å². The molecule has 102 valence electrons. The molecule has 1 aromatic heterocycles. The summed E-state index contributed by atoms with van der Waals surface area (Å²) in [4.78, 5) is 26.6. The molecule has 0 fully saturated rings. The number of hydrazone groups is 1. The first-order chi connectivity index (χ1) is 9.56. The summed E-state index contributed by atoms with van der Waals surface area (Å²) < 4.78 is 0.232. The minimum atomic E-state index is -0.487. The molecule has 0 aliphatic heterocycles. The van der Waals surface area contributed by atoms with Crippen molar-refractivity contribution in [2.75, 3.05) is 5.43 Å². The van der Waals surface area contributed by atoms with Crippen molar-refractivity contribution in [2.45, 2.75) is 0 Å². The van der Waals surface area contributed by atoms with Gasteiger partial charge in [-0.25, -0.2) is 0 Å². The van der Waals surface area contributed by atoms with Gasteiger partial charge in [-0.2, -0.15) is 5.10 Å². The Balaban J connectivity index is 2.08. The van der Waals surface area contributed by atoms with E-state index < -0.39 is 4.92 Å². The molecule has 0 spiro atoms. The molecule has 1 aromatic carbocycles. The van der Waals surface area contributed by atoms with Crippen LogP contribution >= 0.6 is 12.2 Å². The maximum absolute atomic E-state index is 11.5. The highest BCUT2D eigenvalue weighted by molar-refractivity contribution is 7.71. The van der Waals surface area contributed by atoms with Crippen LogP contribution < -0.4 is 11.0 Å². The SMILES string of the molecule is O=c1[nH]c(=S)[nH]cc1/C=N/Nc1ccc([N+](=O)[O-])cc1. The van der Waals surface area contributed by atoms with Gasteiger partial charge in [-0.05, 0) is 24.4 Å². The molecule has 3 N–H and O–H groups in total. The quantitative estimate of drug-likeness (QED) is 0.343. The zero-order valence-electron chi connectivity index (χ0n) is 9.99. The van der Waals surface area contributed by atoms with Crippen LogP contribution in [0.25, 0.3) is 0 Å². The molecule has 0 amide bonds. The highest BCUT2D eigenvalue weighted by Gasteiger charge is 2.02. The summed E-state index contributed by atoms with van der Waals surface area (Å²) in [5.74, 6) is 0. The first kappa shape index (κ1) is 13.6. The maximum atomic E-state index is 11.5. The molecule has 20 heavy (non-hydrogen) atoms. The monoisotopic (exact) mass is 291 g/mol. The van der Waals surface area contributed by atoms with Gasteiger partial charge in [-0.1, -0.05) is 0 Å². The van der Waals surface area contributed by atoms with E-state index in [1.165, 1.54) is 36.7 Å². The molecule has 1 heterocycles. The van der Waals surface area contributed by atoms with Crippen molar-refractivity contribution in [3.05, 3.63) is 61.3 Å². The molecule has 0 bridgehead atoms. The molecule has 0 radical (unpaired) electrons. The van der Waals surface area contributed by atoms with Gasteiger partial charge in [0.1, 0.15) is 0 Å². The largest absolute Gasteiger partial charge is 0.338 e. The molecule has 9 heteroatoms. The van der Waals surface area contributed by atoms with Crippen molar-refractivity contribution < 1.29 is 4.92 Å². The van der Waals surface area contributed by atoms with E-state index in [9.17, 15) is 14.9 Å². The Morgan fingerprint density at radius 2 is 2.05 bits per heavy atom. The van der Waals surface area contributed by atoms with Crippen molar-refractivity contribution in [1.29, 1.82) is 0 Å². The van der Waals surface area contributed by atoms with Crippen LogP contribution in [0.5, 0.6) is 0 Å². The van der Waals surface area contributed by atoms with Crippen LogP contribution in [-0.2, 0) is 0 Å². The predicted octanol–water partition coefficient (Wildman–Crippen LogP) is 1.79. The van der Waals surface area contributed by atoms with Gasteiger partial charge in [0, 0.05) is 18.3 Å². The van der Waals surface area contributed by atoms with Crippen LogP contribution in [0.3, 0.4) is 0 Å². The number of aromatic nitrogens is 2. The Morgan fingerprint density at radius 3 is 2.65 bits per heavy atom. The van der Waals surface area contributed by atoms with Gasteiger partial charge < -0.3 is 4.98 Å². The second-order valence-corrected chi connectivity index (χ2v) is 4.11. The molecular formula is C11H9N5O3S. The fraction of sp³-hybridized carbons (Fsp3) is 0. The number of anilines is 1. The standard InChI is InChI=1S/C11H9N5O3S/c17-10-7(5-12-11(20)14-10)6-13-15-8-1-3-9(4-2-8)16(18)19/h1-6,15H,(H2,12,14,17,20)/b13-6+. The Labute approximate surface area is 117 Å². The molecule has 0 aliphatic carbocycles. The second kappa shape index (κ2) is 5.89. The summed E-state index contributed by atoms with van der Waals surface area (Å²) in [5.41, 5.74) is 3.15. The van der Waals surface area contributed by atoms with E-state index in [0.717, 1.165) is 0 Å². The average Bonchev–Trinajstić information content (AvgIpc) is 2.42. The number of nitrogens with one attached hydrogen (secondary N) is 3. The number of nitro benzene ring substituents is 1. The predicted molar refractivity (Wildman–Crippen MR) is 76.6 cm³/mol. The minimum Gasteiger partial charge on any atom is -0.338 e. The molecule has 0 saturated carbocycles. The molecule has 0 saturated heterocycles. The lowest BCUT2D eigenvalue weighted by molar-refractivity contribution is -0.384. The summed E-state index contributed by atoms with van der Waals surface area (Å²) in [5, 5.41) is 14.3. The van der Waals surface area contributed by atoms with Crippen molar-refractivity contribution in [3.8, 4) is 0 Å². The smallest absolute Gasteiger partial charge is 0.269 e. The van der Waals surface area contributed by atoms with Crippen molar-refractivity contribution in [1.82, 2.24) is 9.97 Å². The Kier molecular flexibility index (Phi) is 4.01. The van der Waals surface area contributed by atoms with Gasteiger partial charge in [-0.15, -0.1) is 0 Å². The minimum absolute atomic E-state index is 0.00777. The summed E-state index contributed by atoms with van der Waals surface area (Å²) in [6, 6.07) is 5.73. The van der Waals surface area contributed by atoms with Gasteiger partial charge in [0.25, 0.3) is 11.2 Å². The van der Waals surface area contributed by atoms with Gasteiger partial charge in [0.15, 0.2) is 4.77 Å². The van der Waals surface area contributed by atoms with E-state index in [2.05, 4.69) is 20.5 Å². The van der Waals surface area contributed by atoms with E-state index in [-0.39, 0.29) is 16.0 Å². The van der Waals surface area contributed by atoms with Crippen molar-refractivity contribution >= 4 is 29.8 Å². The maximum Gasteiger partial charge on any atom is 0.269 e. The molecular weight excluding hydrogens is 282 g/mol. The zero-order valence-corrected chi connectivity index (χ0v) is 10.8. The van der Waals surface area contributed by atoms with Crippen LogP contribution in [0.4, 0.5) is 11.4 Å². The lowest BCUT2D eigenvalue weighted by atomic mass is 10.3. The first-order valence-electron chi connectivity index (χ1n) is 5.42. The van der Waals surface area contributed by atoms with Crippen LogP contribution in [0.2, 0.25) is 0 Å². The molecule has 2 rings (SSSR count). The van der Waals surface area contributed by atoms with Gasteiger partial charge in [-0.3, -0.25) is 25.3 Å². The molecule has 2 aromatic rings. The normalized spacial score (nSPS) is 10.6. The second-order valence-electron chi connectivity index (χ2n) is 3.70. The number of H-pyrrole nitrogens is 2. The van der Waals surface area contributed by atoms with Crippen molar-refractivity contribution in [3.63, 3.8) is 0 Å². The zero-order chi connectivity index (χ0) is 14.5. The molecule has 0 atom stereocenters. The molecule has 0 aliphatic rings. The number of hydrogen-bond acceptors (Lipinski definition) is 6. The third kappa shape index (κ3) is 3.36. The lowest BCUT2D eigenvalue weighted by Gasteiger charge is -1.99. The number of rotatable bonds is 4. The van der Waals surface area contributed by atoms with Crippen LogP contribution in [-0.4, -0.2) is 21.1 Å².